The topological polar surface area (TPSA) is 76.4 Å². The molecule has 0 aliphatic heterocycles. The third-order valence-corrected chi connectivity index (χ3v) is 6.98. The van der Waals surface area contributed by atoms with Gasteiger partial charge in [-0.3, -0.25) is 4.79 Å². The molecule has 1 saturated carbocycles. The van der Waals surface area contributed by atoms with E-state index < -0.39 is 11.0 Å². The van der Waals surface area contributed by atoms with E-state index in [0.717, 1.165) is 11.3 Å². The summed E-state index contributed by atoms with van der Waals surface area (Å²) in [5, 5.41) is 18.4. The van der Waals surface area contributed by atoms with Crippen LogP contribution >= 0.6 is 11.6 Å². The van der Waals surface area contributed by atoms with Gasteiger partial charge in [-0.25, -0.2) is 4.68 Å². The van der Waals surface area contributed by atoms with Gasteiger partial charge in [0.25, 0.3) is 5.91 Å². The Morgan fingerprint density at radius 1 is 1.22 bits per heavy atom. The number of para-hydroxylation sites is 1. The van der Waals surface area contributed by atoms with Crippen molar-refractivity contribution in [2.24, 2.45) is 5.41 Å². The van der Waals surface area contributed by atoms with E-state index >= 15 is 0 Å². The number of carbonyl (C=O) groups is 1. The maximum absolute atomic E-state index is 13.3. The van der Waals surface area contributed by atoms with Crippen molar-refractivity contribution in [1.82, 2.24) is 15.1 Å². The van der Waals surface area contributed by atoms with Crippen LogP contribution in [0, 0.1) is 5.41 Å². The molecule has 0 radical (unpaired) electrons. The first kappa shape index (κ1) is 22.5. The predicted octanol–water partition coefficient (Wildman–Crippen LogP) is 4.49. The average Bonchev–Trinajstić information content (AvgIpc) is 3.24. The zero-order chi connectivity index (χ0) is 22.9. The number of amides is 1. The molecule has 7 heteroatoms. The number of nitrogens with zero attached hydrogens (tertiary/aromatic N) is 2. The largest absolute Gasteiger partial charge is 0.394 e. The molecule has 4 rings (SSSR count). The summed E-state index contributed by atoms with van der Waals surface area (Å²) < 4.78 is 7.51. The normalized spacial score (nSPS) is 21.7. The van der Waals surface area contributed by atoms with Crippen molar-refractivity contribution in [2.75, 3.05) is 13.2 Å². The van der Waals surface area contributed by atoms with E-state index in [4.69, 9.17) is 16.3 Å². The number of aliphatic hydroxyl groups excluding tert-OH is 1. The molecule has 2 aromatic carbocycles. The fourth-order valence-electron chi connectivity index (χ4n) is 4.40. The third kappa shape index (κ3) is 3.72. The van der Waals surface area contributed by atoms with E-state index in [1.54, 1.807) is 10.7 Å². The van der Waals surface area contributed by atoms with Crippen molar-refractivity contribution in [1.29, 1.82) is 0 Å². The number of aromatic nitrogens is 2. The Hall–Kier alpha value is -2.67. The van der Waals surface area contributed by atoms with Crippen molar-refractivity contribution in [2.45, 2.75) is 38.8 Å². The number of aliphatic hydroxyl groups is 1. The van der Waals surface area contributed by atoms with Gasteiger partial charge in [-0.05, 0) is 31.2 Å². The highest BCUT2D eigenvalue weighted by Crippen LogP contribution is 2.51. The number of ether oxygens (including phenoxy) is 1. The van der Waals surface area contributed by atoms with Gasteiger partial charge in [0.15, 0.2) is 5.69 Å². The Morgan fingerprint density at radius 3 is 2.53 bits per heavy atom. The van der Waals surface area contributed by atoms with Crippen LogP contribution in [0.15, 0.2) is 60.7 Å². The van der Waals surface area contributed by atoms with Crippen LogP contribution in [0.3, 0.4) is 0 Å². The minimum atomic E-state index is -0.773. The Balaban J connectivity index is 1.70. The van der Waals surface area contributed by atoms with Crippen molar-refractivity contribution in [3.05, 3.63) is 71.4 Å². The van der Waals surface area contributed by atoms with Crippen LogP contribution in [-0.2, 0) is 4.74 Å². The van der Waals surface area contributed by atoms with Gasteiger partial charge in [0.1, 0.15) is 0 Å². The Kier molecular flexibility index (Phi) is 6.12. The molecule has 0 spiro atoms. The summed E-state index contributed by atoms with van der Waals surface area (Å²) in [5.41, 5.74) is 1.38. The number of hydrogen-bond acceptors (Lipinski definition) is 4. The van der Waals surface area contributed by atoms with E-state index in [1.807, 2.05) is 75.4 Å². The summed E-state index contributed by atoms with van der Waals surface area (Å²) in [6, 6.07) is 18.8. The van der Waals surface area contributed by atoms with Crippen LogP contribution in [0.5, 0.6) is 0 Å². The number of nitrogens with one attached hydrogen (secondary N) is 1. The summed E-state index contributed by atoms with van der Waals surface area (Å²) in [4.78, 5) is 13.3. The summed E-state index contributed by atoms with van der Waals surface area (Å²) in [6.07, 6.45) is 0.521. The van der Waals surface area contributed by atoms with Gasteiger partial charge in [-0.1, -0.05) is 61.8 Å². The van der Waals surface area contributed by atoms with Gasteiger partial charge >= 0.3 is 0 Å². The number of rotatable bonds is 7. The summed E-state index contributed by atoms with van der Waals surface area (Å²) in [7, 11) is 0. The quantitative estimate of drug-likeness (QED) is 0.552. The number of hydrogen-bond donors (Lipinski definition) is 2. The zero-order valence-corrected chi connectivity index (χ0v) is 19.3. The highest BCUT2D eigenvalue weighted by Gasteiger charge is 2.61. The fourth-order valence-corrected chi connectivity index (χ4v) is 4.63. The lowest BCUT2D eigenvalue weighted by atomic mass is 9.54. The zero-order valence-electron chi connectivity index (χ0n) is 18.5. The van der Waals surface area contributed by atoms with Crippen molar-refractivity contribution < 1.29 is 14.6 Å². The highest BCUT2D eigenvalue weighted by atomic mass is 35.5. The molecule has 1 amide bonds. The fraction of sp³-hybridized carbons (Fsp3) is 0.360. The molecule has 0 saturated heterocycles. The van der Waals surface area contributed by atoms with Gasteiger partial charge < -0.3 is 15.2 Å². The average molecular weight is 454 g/mol. The monoisotopic (exact) mass is 453 g/mol. The second-order valence-electron chi connectivity index (χ2n) is 8.71. The van der Waals surface area contributed by atoms with Gasteiger partial charge in [0.05, 0.1) is 29.6 Å². The van der Waals surface area contributed by atoms with E-state index in [1.165, 1.54) is 0 Å². The van der Waals surface area contributed by atoms with Gasteiger partial charge in [0, 0.05) is 29.0 Å². The molecule has 0 bridgehead atoms. The van der Waals surface area contributed by atoms with Gasteiger partial charge in [-0.15, -0.1) is 0 Å². The molecule has 1 fully saturated rings. The number of halogens is 1. The Morgan fingerprint density at radius 2 is 1.91 bits per heavy atom. The first-order valence-corrected chi connectivity index (χ1v) is 11.2. The summed E-state index contributed by atoms with van der Waals surface area (Å²) in [6.45, 7) is 6.37. The van der Waals surface area contributed by atoms with E-state index in [0.29, 0.717) is 23.7 Å². The van der Waals surface area contributed by atoms with Crippen LogP contribution in [0.25, 0.3) is 16.9 Å². The molecule has 3 aromatic rings. The van der Waals surface area contributed by atoms with Crippen molar-refractivity contribution in [3.8, 4) is 16.9 Å². The SMILES string of the molecule is CCOC1CC(CO)(NC(=O)c2cc(-c3ccccc3Cl)n(-c3ccccc3)n2)C1(C)C. The van der Waals surface area contributed by atoms with Crippen molar-refractivity contribution in [3.63, 3.8) is 0 Å². The van der Waals surface area contributed by atoms with E-state index in [-0.39, 0.29) is 24.3 Å². The Labute approximate surface area is 193 Å². The maximum atomic E-state index is 13.3. The molecule has 168 valence electrons. The first-order valence-electron chi connectivity index (χ1n) is 10.8. The molecule has 1 aliphatic carbocycles. The van der Waals surface area contributed by atoms with Crippen LogP contribution in [0.2, 0.25) is 5.02 Å². The molecule has 1 aliphatic rings. The standard InChI is InChI=1S/C25H28ClN3O3/c1-4-32-22-15-25(16-30,24(22,2)3)27-23(31)20-14-21(18-12-8-9-13-19(18)26)29(28-20)17-10-6-5-7-11-17/h5-14,22,30H,4,15-16H2,1-3H3,(H,27,31). The molecular formula is C25H28ClN3O3. The Bertz CT molecular complexity index is 1110. The summed E-state index contributed by atoms with van der Waals surface area (Å²) in [5.74, 6) is -0.343. The lowest BCUT2D eigenvalue weighted by Gasteiger charge is -2.60. The second kappa shape index (κ2) is 8.70. The van der Waals surface area contributed by atoms with Crippen LogP contribution < -0.4 is 5.32 Å². The van der Waals surface area contributed by atoms with Gasteiger partial charge in [-0.2, -0.15) is 5.10 Å². The van der Waals surface area contributed by atoms with Crippen LogP contribution in [-0.4, -0.2) is 45.7 Å². The molecule has 1 aromatic heterocycles. The van der Waals surface area contributed by atoms with Crippen LogP contribution in [0.4, 0.5) is 0 Å². The molecule has 2 unspecified atom stereocenters. The van der Waals surface area contributed by atoms with Crippen LogP contribution in [0.1, 0.15) is 37.7 Å². The molecule has 6 nitrogen and oxygen atoms in total. The van der Waals surface area contributed by atoms with Crippen molar-refractivity contribution >= 4 is 17.5 Å². The minimum Gasteiger partial charge on any atom is -0.394 e. The minimum absolute atomic E-state index is 0.0273. The first-order chi connectivity index (χ1) is 15.3. The lowest BCUT2D eigenvalue weighted by Crippen LogP contribution is -2.74. The molecule has 2 N–H and O–H groups in total. The molecule has 32 heavy (non-hydrogen) atoms. The predicted molar refractivity (Wildman–Crippen MR) is 125 cm³/mol. The smallest absolute Gasteiger partial charge is 0.272 e. The molecule has 2 atom stereocenters. The maximum Gasteiger partial charge on any atom is 0.272 e. The van der Waals surface area contributed by atoms with E-state index in [9.17, 15) is 9.90 Å². The third-order valence-electron chi connectivity index (χ3n) is 6.66. The molecular weight excluding hydrogens is 426 g/mol. The number of benzene rings is 2. The summed E-state index contributed by atoms with van der Waals surface area (Å²) >= 11 is 6.46. The second-order valence-corrected chi connectivity index (χ2v) is 9.11. The lowest BCUT2D eigenvalue weighted by molar-refractivity contribution is -0.172. The highest BCUT2D eigenvalue weighted by molar-refractivity contribution is 6.33. The number of carbonyl (C=O) groups excluding carboxylic acids is 1. The molecule has 1 heterocycles. The van der Waals surface area contributed by atoms with Gasteiger partial charge in [0.2, 0.25) is 0 Å². The van der Waals surface area contributed by atoms with E-state index in [2.05, 4.69) is 10.4 Å².